The molecule has 3 rings (SSSR count). The van der Waals surface area contributed by atoms with Gasteiger partial charge >= 0.3 is 0 Å². The maximum absolute atomic E-state index is 6.31. The summed E-state index contributed by atoms with van der Waals surface area (Å²) in [6.45, 7) is 12.2. The Balaban J connectivity index is 1.69. The van der Waals surface area contributed by atoms with Gasteiger partial charge in [0.2, 0.25) is 5.75 Å². The van der Waals surface area contributed by atoms with E-state index in [0.29, 0.717) is 24.9 Å². The zero-order valence-electron chi connectivity index (χ0n) is 21.7. The van der Waals surface area contributed by atoms with Gasteiger partial charge in [-0.3, -0.25) is 0 Å². The van der Waals surface area contributed by atoms with Crippen LogP contribution in [0.4, 0.5) is 0 Å². The maximum atomic E-state index is 6.31. The molecular weight excluding hydrogens is 420 g/mol. The highest BCUT2D eigenvalue weighted by Gasteiger charge is 2.22. The summed E-state index contributed by atoms with van der Waals surface area (Å²) in [7, 11) is 1.69. The Hall–Kier alpha value is -2.94. The molecule has 0 bridgehead atoms. The summed E-state index contributed by atoms with van der Waals surface area (Å²) in [5, 5.41) is 0. The molecule has 0 aliphatic heterocycles. The number of benzene rings is 3. The average Bonchev–Trinajstić information content (AvgIpc) is 2.85. The molecule has 0 amide bonds. The van der Waals surface area contributed by atoms with Gasteiger partial charge in [0, 0.05) is 6.42 Å². The number of ether oxygens (including phenoxy) is 3. The van der Waals surface area contributed by atoms with Gasteiger partial charge in [-0.15, -0.1) is 0 Å². The summed E-state index contributed by atoms with van der Waals surface area (Å²) in [4.78, 5) is 0. The van der Waals surface area contributed by atoms with E-state index in [0.717, 1.165) is 30.8 Å². The van der Waals surface area contributed by atoms with Crippen molar-refractivity contribution in [2.45, 2.75) is 65.2 Å². The monoisotopic (exact) mass is 460 g/mol. The van der Waals surface area contributed by atoms with Crippen LogP contribution in [-0.4, -0.2) is 20.3 Å². The Morgan fingerprint density at radius 1 is 0.794 bits per heavy atom. The van der Waals surface area contributed by atoms with Crippen LogP contribution in [0, 0.1) is 0 Å². The molecule has 0 aliphatic carbocycles. The molecule has 0 aliphatic rings. The van der Waals surface area contributed by atoms with Crippen molar-refractivity contribution in [3.05, 3.63) is 89.0 Å². The van der Waals surface area contributed by atoms with Crippen LogP contribution in [0.25, 0.3) is 0 Å². The van der Waals surface area contributed by atoms with Gasteiger partial charge in [-0.25, -0.2) is 0 Å². The third kappa shape index (κ3) is 6.79. The lowest BCUT2D eigenvalue weighted by molar-refractivity contribution is 0.236. The molecule has 0 N–H and O–H groups in total. The summed E-state index contributed by atoms with van der Waals surface area (Å²) >= 11 is 0. The first kappa shape index (κ1) is 25.7. The number of rotatable bonds is 12. The van der Waals surface area contributed by atoms with Crippen molar-refractivity contribution in [3.8, 4) is 17.2 Å². The highest BCUT2D eigenvalue weighted by atomic mass is 16.5. The minimum atomic E-state index is 0.0149. The van der Waals surface area contributed by atoms with Crippen LogP contribution in [-0.2, 0) is 18.3 Å². The first-order valence-corrected chi connectivity index (χ1v) is 12.4. The van der Waals surface area contributed by atoms with Gasteiger partial charge in [-0.2, -0.15) is 0 Å². The van der Waals surface area contributed by atoms with Crippen LogP contribution < -0.4 is 14.2 Å². The van der Waals surface area contributed by atoms with E-state index in [2.05, 4.69) is 101 Å². The number of methoxy groups -OCH3 is 1. The van der Waals surface area contributed by atoms with Gasteiger partial charge in [-0.1, -0.05) is 89.2 Å². The van der Waals surface area contributed by atoms with Gasteiger partial charge in [0.05, 0.1) is 20.3 Å². The standard InChI is InChI=1S/C31H40O3/c1-7-24-21-28(32-6)30(34-20-18-31(4,5)27-11-9-8-10-12-27)29(22-24)33-19-17-25-13-15-26(16-14-25)23(2)3/h8-16,21-23H,7,17-20H2,1-6H3. The molecule has 0 radical (unpaired) electrons. The number of aryl methyl sites for hydroxylation is 1. The third-order valence-corrected chi connectivity index (χ3v) is 6.53. The van der Waals surface area contributed by atoms with Gasteiger partial charge in [0.15, 0.2) is 11.5 Å². The summed E-state index contributed by atoms with van der Waals surface area (Å²) < 4.78 is 18.3. The molecular formula is C31H40O3. The van der Waals surface area contributed by atoms with Crippen LogP contribution in [0.5, 0.6) is 17.2 Å². The lowest BCUT2D eigenvalue weighted by atomic mass is 9.82. The molecule has 0 unspecified atom stereocenters. The van der Waals surface area contributed by atoms with E-state index < -0.39 is 0 Å². The van der Waals surface area contributed by atoms with E-state index in [9.17, 15) is 0 Å². The fourth-order valence-electron chi connectivity index (χ4n) is 4.03. The second-order valence-corrected chi connectivity index (χ2v) is 9.82. The van der Waals surface area contributed by atoms with E-state index >= 15 is 0 Å². The molecule has 34 heavy (non-hydrogen) atoms. The Labute approximate surface area is 206 Å². The molecule has 0 saturated carbocycles. The normalized spacial score (nSPS) is 11.5. The fourth-order valence-corrected chi connectivity index (χ4v) is 4.03. The van der Waals surface area contributed by atoms with Gasteiger partial charge in [0.25, 0.3) is 0 Å². The zero-order valence-corrected chi connectivity index (χ0v) is 21.7. The predicted molar refractivity (Wildman–Crippen MR) is 142 cm³/mol. The Morgan fingerprint density at radius 2 is 1.47 bits per heavy atom. The fraction of sp³-hybridized carbons (Fsp3) is 0.419. The summed E-state index contributed by atoms with van der Waals surface area (Å²) in [6.07, 6.45) is 2.64. The van der Waals surface area contributed by atoms with E-state index in [-0.39, 0.29) is 5.41 Å². The largest absolute Gasteiger partial charge is 0.493 e. The van der Waals surface area contributed by atoms with Crippen LogP contribution in [0.3, 0.4) is 0 Å². The molecule has 182 valence electrons. The summed E-state index contributed by atoms with van der Waals surface area (Å²) in [6, 6.07) is 23.6. The molecule has 3 heteroatoms. The van der Waals surface area contributed by atoms with E-state index in [4.69, 9.17) is 14.2 Å². The van der Waals surface area contributed by atoms with E-state index in [1.165, 1.54) is 22.3 Å². The molecule has 0 saturated heterocycles. The minimum Gasteiger partial charge on any atom is -0.493 e. The maximum Gasteiger partial charge on any atom is 0.203 e. The Morgan fingerprint density at radius 3 is 2.09 bits per heavy atom. The number of hydrogen-bond donors (Lipinski definition) is 0. The lowest BCUT2D eigenvalue weighted by Crippen LogP contribution is -2.20. The Bertz CT molecular complexity index is 1020. The summed E-state index contributed by atoms with van der Waals surface area (Å²) in [5.41, 5.74) is 5.13. The first-order chi connectivity index (χ1) is 16.3. The van der Waals surface area contributed by atoms with E-state index in [1.54, 1.807) is 7.11 Å². The van der Waals surface area contributed by atoms with Crippen molar-refractivity contribution in [1.82, 2.24) is 0 Å². The molecule has 0 heterocycles. The topological polar surface area (TPSA) is 27.7 Å². The second-order valence-electron chi connectivity index (χ2n) is 9.82. The van der Waals surface area contributed by atoms with Gasteiger partial charge < -0.3 is 14.2 Å². The van der Waals surface area contributed by atoms with Crippen LogP contribution in [0.15, 0.2) is 66.7 Å². The molecule has 0 atom stereocenters. The van der Waals surface area contributed by atoms with Crippen molar-refractivity contribution >= 4 is 0 Å². The molecule has 0 aromatic heterocycles. The number of hydrogen-bond acceptors (Lipinski definition) is 3. The second kappa shape index (κ2) is 12.0. The van der Waals surface area contributed by atoms with E-state index in [1.807, 2.05) is 0 Å². The molecule has 0 spiro atoms. The van der Waals surface area contributed by atoms with Gasteiger partial charge in [-0.05, 0) is 58.6 Å². The zero-order chi connectivity index (χ0) is 24.6. The molecule has 3 nitrogen and oxygen atoms in total. The van der Waals surface area contributed by atoms with Crippen molar-refractivity contribution in [2.24, 2.45) is 0 Å². The molecule has 3 aromatic carbocycles. The highest BCUT2D eigenvalue weighted by Crippen LogP contribution is 2.40. The SMILES string of the molecule is CCc1cc(OC)c(OCCC(C)(C)c2ccccc2)c(OCCc2ccc(C(C)C)cc2)c1. The van der Waals surface area contributed by atoms with Crippen molar-refractivity contribution < 1.29 is 14.2 Å². The van der Waals surface area contributed by atoms with Crippen molar-refractivity contribution in [1.29, 1.82) is 0 Å². The van der Waals surface area contributed by atoms with Crippen molar-refractivity contribution in [2.75, 3.05) is 20.3 Å². The average molecular weight is 461 g/mol. The van der Waals surface area contributed by atoms with Gasteiger partial charge in [0.1, 0.15) is 0 Å². The minimum absolute atomic E-state index is 0.0149. The predicted octanol–water partition coefficient (Wildman–Crippen LogP) is 7.75. The highest BCUT2D eigenvalue weighted by molar-refractivity contribution is 5.54. The lowest BCUT2D eigenvalue weighted by Gasteiger charge is -2.26. The first-order valence-electron chi connectivity index (χ1n) is 12.4. The van der Waals surface area contributed by atoms with Crippen LogP contribution >= 0.6 is 0 Å². The van der Waals surface area contributed by atoms with Crippen LogP contribution in [0.1, 0.15) is 69.2 Å². The summed E-state index contributed by atoms with van der Waals surface area (Å²) in [5.74, 6) is 2.72. The Kier molecular flexibility index (Phi) is 9.04. The smallest absolute Gasteiger partial charge is 0.203 e. The molecule has 3 aromatic rings. The quantitative estimate of drug-likeness (QED) is 0.276. The van der Waals surface area contributed by atoms with Crippen molar-refractivity contribution in [3.63, 3.8) is 0 Å². The third-order valence-electron chi connectivity index (χ3n) is 6.53. The molecule has 0 fully saturated rings. The van der Waals surface area contributed by atoms with Crippen LogP contribution in [0.2, 0.25) is 0 Å².